The third-order valence-corrected chi connectivity index (χ3v) is 3.94. The summed E-state index contributed by atoms with van der Waals surface area (Å²) >= 11 is 0. The second kappa shape index (κ2) is 11.1. The Morgan fingerprint density at radius 1 is 0.926 bits per heavy atom. The van der Waals surface area contributed by atoms with Gasteiger partial charge in [-0.25, -0.2) is 9.18 Å². The van der Waals surface area contributed by atoms with Crippen molar-refractivity contribution in [1.29, 1.82) is 0 Å². The van der Waals surface area contributed by atoms with Gasteiger partial charge in [-0.1, -0.05) is 24.3 Å². The number of nitrogens with one attached hydrogen (secondary N) is 2. The van der Waals surface area contributed by atoms with E-state index in [1.54, 1.807) is 18.2 Å². The fourth-order valence-corrected chi connectivity index (χ4v) is 2.65. The number of carbonyl (C=O) groups is 1. The smallest absolute Gasteiger partial charge is 0.314 e. The zero-order valence-electron chi connectivity index (χ0n) is 15.9. The molecule has 0 aliphatic heterocycles. The van der Waals surface area contributed by atoms with Crippen LogP contribution in [0.2, 0.25) is 0 Å². The fraction of sp³-hybridized carbons (Fsp3) is 0.381. The van der Waals surface area contributed by atoms with Crippen LogP contribution in [0.1, 0.15) is 25.0 Å². The summed E-state index contributed by atoms with van der Waals surface area (Å²) < 4.78 is 24.7. The third-order valence-electron chi connectivity index (χ3n) is 3.94. The number of ether oxygens (including phenoxy) is 2. The van der Waals surface area contributed by atoms with Gasteiger partial charge in [0.2, 0.25) is 0 Å². The Kier molecular flexibility index (Phi) is 8.42. The molecule has 0 radical (unpaired) electrons. The Bertz CT molecular complexity index is 737. The summed E-state index contributed by atoms with van der Waals surface area (Å²) in [6.07, 6.45) is 1.13. The van der Waals surface area contributed by atoms with Gasteiger partial charge in [0.15, 0.2) is 11.5 Å². The molecule has 0 atom stereocenters. The van der Waals surface area contributed by atoms with Gasteiger partial charge in [-0.15, -0.1) is 0 Å². The lowest BCUT2D eigenvalue weighted by atomic mass is 10.1. The highest BCUT2D eigenvalue weighted by Crippen LogP contribution is 2.28. The van der Waals surface area contributed by atoms with Crippen LogP contribution in [-0.2, 0) is 12.8 Å². The average molecular weight is 374 g/mol. The molecule has 0 aliphatic carbocycles. The highest BCUT2D eigenvalue weighted by molar-refractivity contribution is 5.73. The van der Waals surface area contributed by atoms with Gasteiger partial charge in [0.05, 0.1) is 13.2 Å². The van der Waals surface area contributed by atoms with Crippen LogP contribution in [0.3, 0.4) is 0 Å². The van der Waals surface area contributed by atoms with Crippen LogP contribution in [0.5, 0.6) is 11.5 Å². The van der Waals surface area contributed by atoms with Crippen LogP contribution >= 0.6 is 0 Å². The molecule has 0 saturated carbocycles. The Hall–Kier alpha value is -2.76. The van der Waals surface area contributed by atoms with E-state index in [-0.39, 0.29) is 11.8 Å². The number of hydrogen-bond donors (Lipinski definition) is 2. The molecule has 0 heterocycles. The predicted octanol–water partition coefficient (Wildman–Crippen LogP) is 3.71. The number of hydrogen-bond acceptors (Lipinski definition) is 3. The molecule has 0 unspecified atom stereocenters. The number of carbonyl (C=O) groups excluding carboxylic acids is 1. The lowest BCUT2D eigenvalue weighted by Crippen LogP contribution is -2.37. The van der Waals surface area contributed by atoms with E-state index in [1.165, 1.54) is 6.07 Å². The summed E-state index contributed by atoms with van der Waals surface area (Å²) in [5.41, 5.74) is 1.64. The van der Waals surface area contributed by atoms with Crippen molar-refractivity contribution in [2.75, 3.05) is 26.3 Å². The first-order valence-corrected chi connectivity index (χ1v) is 9.27. The molecule has 2 N–H and O–H groups in total. The standard InChI is InChI=1S/C21H27FN2O3/c1-3-26-19-10-9-16(15-20(19)27-4-2)11-13-23-21(25)24-14-12-17-7-5-6-8-18(17)22/h5-10,15H,3-4,11-14H2,1-2H3,(H2,23,24,25). The van der Waals surface area contributed by atoms with E-state index in [4.69, 9.17) is 9.47 Å². The van der Waals surface area contributed by atoms with Crippen molar-refractivity contribution in [3.63, 3.8) is 0 Å². The molecule has 2 aromatic carbocycles. The molecule has 0 spiro atoms. The lowest BCUT2D eigenvalue weighted by Gasteiger charge is -2.13. The Morgan fingerprint density at radius 3 is 2.30 bits per heavy atom. The molecule has 6 heteroatoms. The summed E-state index contributed by atoms with van der Waals surface area (Å²) in [7, 11) is 0. The van der Waals surface area contributed by atoms with Gasteiger partial charge < -0.3 is 20.1 Å². The normalized spacial score (nSPS) is 10.3. The van der Waals surface area contributed by atoms with E-state index < -0.39 is 0 Å². The van der Waals surface area contributed by atoms with Crippen LogP contribution < -0.4 is 20.1 Å². The number of urea groups is 1. The highest BCUT2D eigenvalue weighted by Gasteiger charge is 2.07. The van der Waals surface area contributed by atoms with Gasteiger partial charge >= 0.3 is 6.03 Å². The number of benzene rings is 2. The summed E-state index contributed by atoms with van der Waals surface area (Å²) in [4.78, 5) is 11.9. The molecule has 2 amide bonds. The Labute approximate surface area is 159 Å². The minimum Gasteiger partial charge on any atom is -0.490 e. The highest BCUT2D eigenvalue weighted by atomic mass is 19.1. The topological polar surface area (TPSA) is 59.6 Å². The van der Waals surface area contributed by atoms with Crippen molar-refractivity contribution >= 4 is 6.03 Å². The van der Waals surface area contributed by atoms with Gasteiger partial charge in [-0.05, 0) is 56.0 Å². The number of rotatable bonds is 10. The summed E-state index contributed by atoms with van der Waals surface area (Å²) in [6.45, 7) is 5.86. The third kappa shape index (κ3) is 6.81. The molecule has 0 fully saturated rings. The zero-order valence-corrected chi connectivity index (χ0v) is 15.9. The summed E-state index contributed by atoms with van der Waals surface area (Å²) in [6, 6.07) is 12.1. The molecule has 0 saturated heterocycles. The van der Waals surface area contributed by atoms with Gasteiger partial charge in [-0.3, -0.25) is 0 Å². The quantitative estimate of drug-likeness (QED) is 0.667. The molecule has 0 aliphatic rings. The second-order valence-corrected chi connectivity index (χ2v) is 5.92. The summed E-state index contributed by atoms with van der Waals surface area (Å²) in [5.74, 6) is 1.19. The molecular formula is C21H27FN2O3. The first-order valence-electron chi connectivity index (χ1n) is 9.27. The maximum atomic E-state index is 13.5. The second-order valence-electron chi connectivity index (χ2n) is 5.92. The van der Waals surface area contributed by atoms with Gasteiger partial charge in [-0.2, -0.15) is 0 Å². The van der Waals surface area contributed by atoms with Crippen molar-refractivity contribution in [3.05, 3.63) is 59.4 Å². The van der Waals surface area contributed by atoms with E-state index in [9.17, 15) is 9.18 Å². The molecule has 2 aromatic rings. The van der Waals surface area contributed by atoms with E-state index in [2.05, 4.69) is 10.6 Å². The zero-order chi connectivity index (χ0) is 19.5. The van der Waals surface area contributed by atoms with Gasteiger partial charge in [0, 0.05) is 13.1 Å². The maximum Gasteiger partial charge on any atom is 0.314 e. The molecule has 5 nitrogen and oxygen atoms in total. The van der Waals surface area contributed by atoms with Crippen molar-refractivity contribution < 1.29 is 18.7 Å². The molecule has 146 valence electrons. The van der Waals surface area contributed by atoms with E-state index >= 15 is 0 Å². The first kappa shape index (κ1) is 20.6. The first-order chi connectivity index (χ1) is 13.1. The van der Waals surface area contributed by atoms with Crippen LogP contribution in [-0.4, -0.2) is 32.3 Å². The molecule has 0 aromatic heterocycles. The minimum absolute atomic E-state index is 0.250. The van der Waals surface area contributed by atoms with Crippen LogP contribution in [0, 0.1) is 5.82 Å². The number of halogens is 1. The average Bonchev–Trinajstić information content (AvgIpc) is 2.66. The van der Waals surface area contributed by atoms with Gasteiger partial charge in [0.1, 0.15) is 5.82 Å². The summed E-state index contributed by atoms with van der Waals surface area (Å²) in [5, 5.41) is 5.55. The largest absolute Gasteiger partial charge is 0.490 e. The van der Waals surface area contributed by atoms with Crippen molar-refractivity contribution in [2.45, 2.75) is 26.7 Å². The van der Waals surface area contributed by atoms with E-state index in [0.717, 1.165) is 11.3 Å². The van der Waals surface area contributed by atoms with Crippen LogP contribution in [0.25, 0.3) is 0 Å². The lowest BCUT2D eigenvalue weighted by molar-refractivity contribution is 0.241. The molecule has 2 rings (SSSR count). The molecule has 27 heavy (non-hydrogen) atoms. The Balaban J connectivity index is 1.74. The number of amides is 2. The maximum absolute atomic E-state index is 13.5. The van der Waals surface area contributed by atoms with Crippen LogP contribution in [0.15, 0.2) is 42.5 Å². The van der Waals surface area contributed by atoms with E-state index in [0.29, 0.717) is 50.5 Å². The van der Waals surface area contributed by atoms with Crippen molar-refractivity contribution in [2.24, 2.45) is 0 Å². The SMILES string of the molecule is CCOc1ccc(CCNC(=O)NCCc2ccccc2F)cc1OCC. The molecular weight excluding hydrogens is 347 g/mol. The van der Waals surface area contributed by atoms with Crippen molar-refractivity contribution in [3.8, 4) is 11.5 Å². The fourth-order valence-electron chi connectivity index (χ4n) is 2.65. The van der Waals surface area contributed by atoms with Crippen LogP contribution in [0.4, 0.5) is 9.18 Å². The predicted molar refractivity (Wildman–Crippen MR) is 104 cm³/mol. The van der Waals surface area contributed by atoms with E-state index in [1.807, 2.05) is 32.0 Å². The van der Waals surface area contributed by atoms with Gasteiger partial charge in [0.25, 0.3) is 0 Å². The Morgan fingerprint density at radius 2 is 1.59 bits per heavy atom. The van der Waals surface area contributed by atoms with Crippen molar-refractivity contribution in [1.82, 2.24) is 10.6 Å². The monoisotopic (exact) mass is 374 g/mol. The molecule has 0 bridgehead atoms. The minimum atomic E-state index is -0.262.